The van der Waals surface area contributed by atoms with E-state index in [1.807, 2.05) is 12.1 Å². The lowest BCUT2D eigenvalue weighted by Crippen LogP contribution is -2.52. The molecule has 1 saturated carbocycles. The number of urea groups is 1. The molecule has 0 atom stereocenters. The second kappa shape index (κ2) is 8.37. The number of hydrogen-bond donors (Lipinski definition) is 1. The lowest BCUT2D eigenvalue weighted by Gasteiger charge is -2.38. The quantitative estimate of drug-likeness (QED) is 0.832. The van der Waals surface area contributed by atoms with Crippen LogP contribution in [0.2, 0.25) is 0 Å². The van der Waals surface area contributed by atoms with Crippen molar-refractivity contribution in [3.8, 4) is 0 Å². The van der Waals surface area contributed by atoms with E-state index in [0.717, 1.165) is 25.7 Å². The average Bonchev–Trinajstić information content (AvgIpc) is 2.71. The lowest BCUT2D eigenvalue weighted by atomic mass is 9.91. The van der Waals surface area contributed by atoms with Gasteiger partial charge >= 0.3 is 6.03 Å². The highest BCUT2D eigenvalue weighted by molar-refractivity contribution is 7.89. The molecule has 0 bridgehead atoms. The van der Waals surface area contributed by atoms with Crippen LogP contribution in [0, 0.1) is 0 Å². The molecule has 28 heavy (non-hydrogen) atoms. The molecule has 2 aliphatic heterocycles. The van der Waals surface area contributed by atoms with Gasteiger partial charge in [-0.05, 0) is 68.6 Å². The Kier molecular flexibility index (Phi) is 5.87. The Morgan fingerprint density at radius 3 is 2.18 bits per heavy atom. The number of aromatic nitrogens is 1. The number of nitrogens with one attached hydrogen (secondary N) is 1. The smallest absolute Gasteiger partial charge is 0.317 e. The molecule has 2 amide bonds. The molecule has 0 spiro atoms. The number of nitrogens with zero attached hydrogens (tertiary/aromatic N) is 3. The highest BCUT2D eigenvalue weighted by atomic mass is 32.2. The zero-order chi connectivity index (χ0) is 19.6. The number of pyridine rings is 1. The third kappa shape index (κ3) is 4.17. The van der Waals surface area contributed by atoms with Crippen molar-refractivity contribution >= 4 is 16.1 Å². The number of carbonyl (C=O) groups excluding carboxylic acids is 1. The van der Waals surface area contributed by atoms with Crippen molar-refractivity contribution in [1.29, 1.82) is 0 Å². The van der Waals surface area contributed by atoms with Gasteiger partial charge in [-0.2, -0.15) is 0 Å². The molecule has 8 heteroatoms. The fourth-order valence-corrected chi connectivity index (χ4v) is 6.41. The topological polar surface area (TPSA) is 82.6 Å². The fraction of sp³-hybridized carbons (Fsp3) is 0.700. The Balaban J connectivity index is 1.28. The Morgan fingerprint density at radius 2 is 1.61 bits per heavy atom. The fourth-order valence-electron chi connectivity index (χ4n) is 4.47. The van der Waals surface area contributed by atoms with Gasteiger partial charge in [-0.15, -0.1) is 0 Å². The second-order valence-corrected chi connectivity index (χ2v) is 10.5. The molecule has 3 heterocycles. The molecule has 1 aromatic rings. The molecule has 4 rings (SSSR count). The van der Waals surface area contributed by atoms with E-state index in [4.69, 9.17) is 0 Å². The largest absolute Gasteiger partial charge is 0.335 e. The SMILES string of the molecule is O=C(NC1CCC1)N1CCC(S(=O)(=O)N2CCC(c3ccncc3)CC2)CC1. The Morgan fingerprint density at radius 1 is 0.964 bits per heavy atom. The van der Waals surface area contributed by atoms with E-state index in [1.54, 1.807) is 21.6 Å². The Labute approximate surface area is 167 Å². The standard InChI is InChI=1S/C20H30N4O3S/c25-20(22-18-2-1-3-18)23-12-8-19(9-13-23)28(26,27)24-14-6-17(7-15-24)16-4-10-21-11-5-16/h4-5,10-11,17-19H,1-3,6-9,12-15H2,(H,22,25). The minimum atomic E-state index is -3.29. The molecular formula is C20H30N4O3S. The zero-order valence-electron chi connectivity index (χ0n) is 16.3. The third-order valence-corrected chi connectivity index (χ3v) is 8.97. The van der Waals surface area contributed by atoms with E-state index in [0.29, 0.717) is 51.0 Å². The van der Waals surface area contributed by atoms with Gasteiger partial charge in [0.2, 0.25) is 10.0 Å². The van der Waals surface area contributed by atoms with Gasteiger partial charge in [-0.3, -0.25) is 4.98 Å². The van der Waals surface area contributed by atoms with Gasteiger partial charge in [0.05, 0.1) is 5.25 Å². The molecule has 1 N–H and O–H groups in total. The first kappa shape index (κ1) is 19.6. The molecule has 3 fully saturated rings. The molecule has 1 aromatic heterocycles. The second-order valence-electron chi connectivity index (χ2n) is 8.26. The summed E-state index contributed by atoms with van der Waals surface area (Å²) < 4.78 is 27.9. The number of likely N-dealkylation sites (tertiary alicyclic amines) is 1. The number of piperidine rings is 2. The van der Waals surface area contributed by atoms with Crippen molar-refractivity contribution in [3.05, 3.63) is 30.1 Å². The van der Waals surface area contributed by atoms with Gasteiger partial charge in [0.25, 0.3) is 0 Å². The summed E-state index contributed by atoms with van der Waals surface area (Å²) in [5.41, 5.74) is 1.25. The summed E-state index contributed by atoms with van der Waals surface area (Å²) in [6, 6.07) is 4.34. The van der Waals surface area contributed by atoms with Crippen molar-refractivity contribution < 1.29 is 13.2 Å². The van der Waals surface area contributed by atoms with Crippen molar-refractivity contribution in [2.45, 2.75) is 62.2 Å². The van der Waals surface area contributed by atoms with Crippen LogP contribution in [-0.2, 0) is 10.0 Å². The highest BCUT2D eigenvalue weighted by Crippen LogP contribution is 2.31. The molecular weight excluding hydrogens is 376 g/mol. The maximum absolute atomic E-state index is 13.1. The van der Waals surface area contributed by atoms with Crippen molar-refractivity contribution in [1.82, 2.24) is 19.5 Å². The van der Waals surface area contributed by atoms with Gasteiger partial charge in [-0.1, -0.05) is 0 Å². The summed E-state index contributed by atoms with van der Waals surface area (Å²) in [6.45, 7) is 2.21. The maximum atomic E-state index is 13.1. The normalized spacial score (nSPS) is 23.4. The van der Waals surface area contributed by atoms with Crippen LogP contribution in [0.1, 0.15) is 56.4 Å². The van der Waals surface area contributed by atoms with Crippen LogP contribution < -0.4 is 5.32 Å². The van der Waals surface area contributed by atoms with Crippen LogP contribution in [-0.4, -0.2) is 66.1 Å². The minimum absolute atomic E-state index is 0.0290. The van der Waals surface area contributed by atoms with Gasteiger partial charge in [0.1, 0.15) is 0 Å². The van der Waals surface area contributed by atoms with Crippen molar-refractivity contribution in [2.24, 2.45) is 0 Å². The Bertz CT molecular complexity index is 766. The minimum Gasteiger partial charge on any atom is -0.335 e. The van der Waals surface area contributed by atoms with Gasteiger partial charge < -0.3 is 10.2 Å². The predicted molar refractivity (Wildman–Crippen MR) is 107 cm³/mol. The highest BCUT2D eigenvalue weighted by Gasteiger charge is 2.37. The lowest BCUT2D eigenvalue weighted by molar-refractivity contribution is 0.175. The van der Waals surface area contributed by atoms with E-state index in [9.17, 15) is 13.2 Å². The summed E-state index contributed by atoms with van der Waals surface area (Å²) in [4.78, 5) is 18.1. The van der Waals surface area contributed by atoms with Crippen molar-refractivity contribution in [2.75, 3.05) is 26.2 Å². The van der Waals surface area contributed by atoms with E-state index < -0.39 is 10.0 Å². The number of amides is 2. The molecule has 1 aliphatic carbocycles. The molecule has 2 saturated heterocycles. The molecule has 7 nitrogen and oxygen atoms in total. The first-order chi connectivity index (χ1) is 13.5. The molecule has 3 aliphatic rings. The number of hydrogen-bond acceptors (Lipinski definition) is 4. The number of carbonyl (C=O) groups is 1. The summed E-state index contributed by atoms with van der Waals surface area (Å²) in [7, 11) is -3.29. The third-order valence-electron chi connectivity index (χ3n) is 6.57. The van der Waals surface area contributed by atoms with E-state index in [2.05, 4.69) is 10.3 Å². The maximum Gasteiger partial charge on any atom is 0.317 e. The number of sulfonamides is 1. The zero-order valence-corrected chi connectivity index (χ0v) is 17.1. The van der Waals surface area contributed by atoms with Gasteiger partial charge in [0.15, 0.2) is 0 Å². The van der Waals surface area contributed by atoms with Crippen molar-refractivity contribution in [3.63, 3.8) is 0 Å². The van der Waals surface area contributed by atoms with Gasteiger partial charge in [0, 0.05) is 44.6 Å². The predicted octanol–water partition coefficient (Wildman–Crippen LogP) is 2.32. The van der Waals surface area contributed by atoms with Gasteiger partial charge in [-0.25, -0.2) is 17.5 Å². The van der Waals surface area contributed by atoms with Crippen LogP contribution in [0.15, 0.2) is 24.5 Å². The summed E-state index contributed by atoms with van der Waals surface area (Å²) in [5, 5.41) is 2.68. The van der Waals surface area contributed by atoms with Crippen LogP contribution in [0.5, 0.6) is 0 Å². The molecule has 0 radical (unpaired) electrons. The van der Waals surface area contributed by atoms with E-state index in [-0.39, 0.29) is 11.3 Å². The van der Waals surface area contributed by atoms with Crippen LogP contribution in [0.25, 0.3) is 0 Å². The molecule has 154 valence electrons. The average molecular weight is 407 g/mol. The van der Waals surface area contributed by atoms with Crippen LogP contribution >= 0.6 is 0 Å². The summed E-state index contributed by atoms with van der Waals surface area (Å²) >= 11 is 0. The number of rotatable bonds is 4. The van der Waals surface area contributed by atoms with E-state index >= 15 is 0 Å². The Hall–Kier alpha value is -1.67. The summed E-state index contributed by atoms with van der Waals surface area (Å²) in [6.07, 6.45) is 9.68. The first-order valence-corrected chi connectivity index (χ1v) is 12.0. The molecule has 0 aromatic carbocycles. The van der Waals surface area contributed by atoms with E-state index in [1.165, 1.54) is 12.0 Å². The van der Waals surface area contributed by atoms with Crippen LogP contribution in [0.3, 0.4) is 0 Å². The summed E-state index contributed by atoms with van der Waals surface area (Å²) in [5.74, 6) is 0.409. The monoisotopic (exact) mass is 406 g/mol. The first-order valence-electron chi connectivity index (χ1n) is 10.5. The van der Waals surface area contributed by atoms with Crippen LogP contribution in [0.4, 0.5) is 4.79 Å². The molecule has 0 unspecified atom stereocenters.